The lowest BCUT2D eigenvalue weighted by atomic mass is 10.1. The Kier molecular flexibility index (Phi) is 9.18. The normalized spacial score (nSPS) is 13.7. The van der Waals surface area contributed by atoms with Gasteiger partial charge in [-0.3, -0.25) is 9.79 Å². The van der Waals surface area contributed by atoms with Gasteiger partial charge >= 0.3 is 11.9 Å². The van der Waals surface area contributed by atoms with Crippen LogP contribution in [0.15, 0.2) is 59.6 Å². The van der Waals surface area contributed by atoms with Crippen LogP contribution in [-0.2, 0) is 31.2 Å². The number of nitrogens with one attached hydrogen (secondary N) is 1. The molecule has 0 aromatic heterocycles. The third-order valence-corrected chi connectivity index (χ3v) is 6.89. The topological polar surface area (TPSA) is 94.1 Å². The van der Waals surface area contributed by atoms with E-state index in [-0.39, 0.29) is 6.42 Å². The van der Waals surface area contributed by atoms with Crippen molar-refractivity contribution in [1.29, 1.82) is 0 Å². The number of esters is 2. The van der Waals surface area contributed by atoms with Gasteiger partial charge in [0.25, 0.3) is 5.91 Å². The SMILES string of the molecule is COC(=O)C(Cc1ccccc1)NC(=O)COC(=O)c1ccccc1CSC1=NCCS1. The molecule has 1 aliphatic rings. The number of amides is 1. The minimum absolute atomic E-state index is 0.273. The first-order valence-electron chi connectivity index (χ1n) is 10.0. The second kappa shape index (κ2) is 12.3. The Bertz CT molecular complexity index is 981. The fourth-order valence-electron chi connectivity index (χ4n) is 3.02. The highest BCUT2D eigenvalue weighted by Gasteiger charge is 2.23. The molecule has 0 saturated heterocycles. The van der Waals surface area contributed by atoms with E-state index in [1.807, 2.05) is 42.5 Å². The average molecular weight is 473 g/mol. The van der Waals surface area contributed by atoms with Crippen LogP contribution in [0.25, 0.3) is 0 Å². The third kappa shape index (κ3) is 7.13. The van der Waals surface area contributed by atoms with Crippen molar-refractivity contribution in [2.24, 2.45) is 4.99 Å². The molecule has 0 aliphatic carbocycles. The zero-order valence-electron chi connectivity index (χ0n) is 17.6. The summed E-state index contributed by atoms with van der Waals surface area (Å²) in [6, 6.07) is 15.5. The Morgan fingerprint density at radius 2 is 1.88 bits per heavy atom. The summed E-state index contributed by atoms with van der Waals surface area (Å²) < 4.78 is 11.0. The van der Waals surface area contributed by atoms with Gasteiger partial charge in [-0.15, -0.1) is 0 Å². The van der Waals surface area contributed by atoms with Crippen LogP contribution in [-0.4, -0.2) is 54.3 Å². The number of carbonyl (C=O) groups is 3. The predicted octanol–water partition coefficient (Wildman–Crippen LogP) is 3.08. The minimum Gasteiger partial charge on any atom is -0.467 e. The summed E-state index contributed by atoms with van der Waals surface area (Å²) in [6.45, 7) is 0.327. The molecule has 2 aromatic carbocycles. The lowest BCUT2D eigenvalue weighted by Crippen LogP contribution is -2.44. The Hall–Kier alpha value is -2.78. The van der Waals surface area contributed by atoms with E-state index in [9.17, 15) is 14.4 Å². The lowest BCUT2D eigenvalue weighted by molar-refractivity contribution is -0.145. The Balaban J connectivity index is 1.55. The van der Waals surface area contributed by atoms with E-state index in [1.54, 1.807) is 35.7 Å². The number of aliphatic imine (C=N–C) groups is 1. The zero-order chi connectivity index (χ0) is 22.8. The fourth-order valence-corrected chi connectivity index (χ4v) is 5.03. The van der Waals surface area contributed by atoms with Gasteiger partial charge < -0.3 is 14.8 Å². The number of methoxy groups -OCH3 is 1. The molecule has 32 heavy (non-hydrogen) atoms. The molecule has 1 atom stereocenters. The minimum atomic E-state index is -0.873. The number of thioether (sulfide) groups is 2. The quantitative estimate of drug-likeness (QED) is 0.561. The van der Waals surface area contributed by atoms with Gasteiger partial charge in [0.2, 0.25) is 0 Å². The van der Waals surface area contributed by atoms with Gasteiger partial charge in [-0.25, -0.2) is 9.59 Å². The van der Waals surface area contributed by atoms with Crippen LogP contribution < -0.4 is 5.32 Å². The molecular weight excluding hydrogens is 448 g/mol. The number of carbonyl (C=O) groups excluding carboxylic acids is 3. The van der Waals surface area contributed by atoms with Gasteiger partial charge in [0.05, 0.1) is 19.2 Å². The molecule has 1 heterocycles. The maximum absolute atomic E-state index is 12.6. The second-order valence-corrected chi connectivity index (χ2v) is 9.16. The van der Waals surface area contributed by atoms with Crippen molar-refractivity contribution in [3.63, 3.8) is 0 Å². The number of hydrogen-bond acceptors (Lipinski definition) is 8. The highest BCUT2D eigenvalue weighted by Crippen LogP contribution is 2.26. The molecule has 0 bridgehead atoms. The molecule has 1 N–H and O–H groups in total. The summed E-state index contributed by atoms with van der Waals surface area (Å²) in [7, 11) is 1.26. The molecule has 0 saturated carbocycles. The van der Waals surface area contributed by atoms with Crippen molar-refractivity contribution in [2.45, 2.75) is 18.2 Å². The monoisotopic (exact) mass is 472 g/mol. The molecule has 0 fully saturated rings. The Morgan fingerprint density at radius 3 is 2.59 bits per heavy atom. The molecular formula is C23H24N2O5S2. The summed E-state index contributed by atoms with van der Waals surface area (Å²) in [4.78, 5) is 41.4. The first-order chi connectivity index (χ1) is 15.6. The van der Waals surface area contributed by atoms with Gasteiger partial charge in [-0.05, 0) is 17.2 Å². The molecule has 7 nitrogen and oxygen atoms in total. The van der Waals surface area contributed by atoms with Crippen LogP contribution in [0.2, 0.25) is 0 Å². The van der Waals surface area contributed by atoms with E-state index < -0.39 is 30.5 Å². The summed E-state index contributed by atoms with van der Waals surface area (Å²) >= 11 is 3.29. The Morgan fingerprint density at radius 1 is 1.12 bits per heavy atom. The van der Waals surface area contributed by atoms with Crippen LogP contribution in [0.5, 0.6) is 0 Å². The molecule has 0 spiro atoms. The lowest BCUT2D eigenvalue weighted by Gasteiger charge is -2.17. The first kappa shape index (κ1) is 23.9. The highest BCUT2D eigenvalue weighted by atomic mass is 32.2. The largest absolute Gasteiger partial charge is 0.467 e. The molecule has 0 radical (unpaired) electrons. The molecule has 1 unspecified atom stereocenters. The number of benzene rings is 2. The van der Waals surface area contributed by atoms with Crippen molar-refractivity contribution in [2.75, 3.05) is 26.0 Å². The van der Waals surface area contributed by atoms with E-state index >= 15 is 0 Å². The van der Waals surface area contributed by atoms with E-state index in [2.05, 4.69) is 10.3 Å². The van der Waals surface area contributed by atoms with Crippen LogP contribution >= 0.6 is 23.5 Å². The van der Waals surface area contributed by atoms with Crippen molar-refractivity contribution in [3.05, 3.63) is 71.3 Å². The third-order valence-electron chi connectivity index (χ3n) is 4.58. The van der Waals surface area contributed by atoms with Crippen molar-refractivity contribution in [1.82, 2.24) is 5.32 Å². The van der Waals surface area contributed by atoms with E-state index in [1.165, 1.54) is 7.11 Å². The summed E-state index contributed by atoms with van der Waals surface area (Å²) in [5.41, 5.74) is 2.09. The van der Waals surface area contributed by atoms with Gasteiger partial charge in [0, 0.05) is 17.9 Å². The summed E-state index contributed by atoms with van der Waals surface area (Å²) in [5, 5.41) is 2.59. The van der Waals surface area contributed by atoms with Crippen LogP contribution in [0, 0.1) is 0 Å². The summed E-state index contributed by atoms with van der Waals surface area (Å²) in [6.07, 6.45) is 0.273. The van der Waals surface area contributed by atoms with Gasteiger partial charge in [-0.2, -0.15) is 0 Å². The van der Waals surface area contributed by atoms with E-state index in [4.69, 9.17) is 9.47 Å². The van der Waals surface area contributed by atoms with Crippen LogP contribution in [0.1, 0.15) is 21.5 Å². The van der Waals surface area contributed by atoms with Gasteiger partial charge in [-0.1, -0.05) is 72.1 Å². The zero-order valence-corrected chi connectivity index (χ0v) is 19.2. The standard InChI is InChI=1S/C23H24N2O5S2/c1-29-22(28)19(13-16-7-3-2-4-8-16)25-20(26)14-30-21(27)18-10-6-5-9-17(18)15-32-23-24-11-12-31-23/h2-10,19H,11-15H2,1H3,(H,25,26). The van der Waals surface area contributed by atoms with Crippen molar-refractivity contribution < 1.29 is 23.9 Å². The molecule has 3 rings (SSSR count). The van der Waals surface area contributed by atoms with E-state index in [0.29, 0.717) is 11.3 Å². The van der Waals surface area contributed by atoms with E-state index in [0.717, 1.165) is 27.8 Å². The van der Waals surface area contributed by atoms with Crippen LogP contribution in [0.4, 0.5) is 0 Å². The number of ether oxygens (including phenoxy) is 2. The van der Waals surface area contributed by atoms with Crippen LogP contribution in [0.3, 0.4) is 0 Å². The van der Waals surface area contributed by atoms with Gasteiger partial charge in [0.1, 0.15) is 10.4 Å². The molecule has 9 heteroatoms. The molecule has 1 amide bonds. The predicted molar refractivity (Wildman–Crippen MR) is 127 cm³/mol. The molecule has 2 aromatic rings. The average Bonchev–Trinajstić information content (AvgIpc) is 3.35. The van der Waals surface area contributed by atoms with Gasteiger partial charge in [0.15, 0.2) is 6.61 Å². The summed E-state index contributed by atoms with van der Waals surface area (Å²) in [5.74, 6) is -0.158. The highest BCUT2D eigenvalue weighted by molar-refractivity contribution is 8.38. The first-order valence-corrected chi connectivity index (χ1v) is 12.0. The Labute approximate surface area is 195 Å². The smallest absolute Gasteiger partial charge is 0.338 e. The number of rotatable bonds is 9. The number of hydrogen-bond donors (Lipinski definition) is 1. The van der Waals surface area contributed by atoms with Crippen molar-refractivity contribution in [3.8, 4) is 0 Å². The number of nitrogens with zero attached hydrogens (tertiary/aromatic N) is 1. The van der Waals surface area contributed by atoms with Crippen molar-refractivity contribution >= 4 is 45.7 Å². The maximum Gasteiger partial charge on any atom is 0.338 e. The molecule has 1 aliphatic heterocycles. The fraction of sp³-hybridized carbons (Fsp3) is 0.304. The molecule has 168 valence electrons. The second-order valence-electron chi connectivity index (χ2n) is 6.85. The maximum atomic E-state index is 12.6.